The van der Waals surface area contributed by atoms with Crippen LogP contribution < -0.4 is 19.7 Å². The molecule has 29 heavy (non-hydrogen) atoms. The molecule has 1 N–H and O–H groups in total. The number of halogens is 1. The molecule has 1 aromatic heterocycles. The number of ether oxygens (including phenoxy) is 2. The lowest BCUT2D eigenvalue weighted by molar-refractivity contribution is -0.120. The maximum absolute atomic E-state index is 13.5. The zero-order chi connectivity index (χ0) is 20.4. The summed E-state index contributed by atoms with van der Waals surface area (Å²) in [6.07, 6.45) is 1.71. The lowest BCUT2D eigenvalue weighted by Crippen LogP contribution is -2.40. The first-order valence-electron chi connectivity index (χ1n) is 9.41. The largest absolute Gasteiger partial charge is 0.493 e. The van der Waals surface area contributed by atoms with E-state index in [1.54, 1.807) is 38.5 Å². The van der Waals surface area contributed by atoms with Crippen LogP contribution in [0.1, 0.15) is 12.8 Å². The molecule has 2 heterocycles. The van der Waals surface area contributed by atoms with Gasteiger partial charge in [0.1, 0.15) is 5.82 Å². The van der Waals surface area contributed by atoms with Crippen LogP contribution in [0, 0.1) is 11.7 Å². The van der Waals surface area contributed by atoms with Crippen molar-refractivity contribution in [3.05, 3.63) is 42.2 Å². The fourth-order valence-electron chi connectivity index (χ4n) is 3.54. The molecular formula is C21H22FN3O3S. The second kappa shape index (κ2) is 8.24. The van der Waals surface area contributed by atoms with Crippen LogP contribution in [0.2, 0.25) is 0 Å². The third-order valence-corrected chi connectivity index (χ3v) is 6.13. The zero-order valence-corrected chi connectivity index (χ0v) is 17.1. The number of fused-ring (bicyclic) bond motifs is 1. The van der Waals surface area contributed by atoms with Crippen molar-refractivity contribution in [3.63, 3.8) is 0 Å². The summed E-state index contributed by atoms with van der Waals surface area (Å²) in [6, 6.07) is 9.92. The van der Waals surface area contributed by atoms with Gasteiger partial charge in [0.2, 0.25) is 5.91 Å². The highest BCUT2D eigenvalue weighted by Gasteiger charge is 2.27. The first-order valence-corrected chi connectivity index (χ1v) is 10.2. The maximum atomic E-state index is 13.5. The van der Waals surface area contributed by atoms with Crippen molar-refractivity contribution >= 4 is 38.3 Å². The number of amides is 1. The predicted molar refractivity (Wildman–Crippen MR) is 113 cm³/mol. The highest BCUT2D eigenvalue weighted by molar-refractivity contribution is 7.22. The van der Waals surface area contributed by atoms with Gasteiger partial charge >= 0.3 is 0 Å². The maximum Gasteiger partial charge on any atom is 0.229 e. The number of hydrogen-bond donors (Lipinski definition) is 1. The average molecular weight is 415 g/mol. The van der Waals surface area contributed by atoms with Gasteiger partial charge in [0.05, 0.1) is 30.4 Å². The fraction of sp³-hybridized carbons (Fsp3) is 0.333. The van der Waals surface area contributed by atoms with Crippen molar-refractivity contribution in [1.82, 2.24) is 4.98 Å². The Hall–Kier alpha value is -2.87. The third kappa shape index (κ3) is 4.12. The standard InChI is InChI=1S/C21H22FN3O3S/c1-27-17-8-6-15(11-18(17)28-2)23-20(26)13-4-3-9-25(12-13)21-24-16-7-5-14(22)10-19(16)29-21/h5-8,10-11,13H,3-4,9,12H2,1-2H3,(H,23,26). The Morgan fingerprint density at radius 1 is 1.21 bits per heavy atom. The van der Waals surface area contributed by atoms with Crippen LogP contribution in [0.4, 0.5) is 15.2 Å². The summed E-state index contributed by atoms with van der Waals surface area (Å²) in [4.78, 5) is 19.6. The van der Waals surface area contributed by atoms with E-state index in [-0.39, 0.29) is 17.6 Å². The van der Waals surface area contributed by atoms with Gasteiger partial charge in [-0.3, -0.25) is 4.79 Å². The molecule has 0 spiro atoms. The first kappa shape index (κ1) is 19.4. The molecule has 0 bridgehead atoms. The van der Waals surface area contributed by atoms with Gasteiger partial charge in [-0.1, -0.05) is 11.3 Å². The second-order valence-electron chi connectivity index (χ2n) is 6.95. The van der Waals surface area contributed by atoms with E-state index in [0.29, 0.717) is 23.7 Å². The Morgan fingerprint density at radius 3 is 2.83 bits per heavy atom. The summed E-state index contributed by atoms with van der Waals surface area (Å²) in [6.45, 7) is 1.42. The van der Waals surface area contributed by atoms with Crippen LogP contribution in [0.5, 0.6) is 11.5 Å². The molecule has 0 radical (unpaired) electrons. The van der Waals surface area contributed by atoms with E-state index in [1.807, 2.05) is 0 Å². The number of aromatic nitrogens is 1. The number of thiazole rings is 1. The minimum Gasteiger partial charge on any atom is -0.493 e. The van der Waals surface area contributed by atoms with Gasteiger partial charge in [0.15, 0.2) is 16.6 Å². The van der Waals surface area contributed by atoms with Gasteiger partial charge in [0, 0.05) is 24.8 Å². The molecule has 1 amide bonds. The highest BCUT2D eigenvalue weighted by atomic mass is 32.1. The number of anilines is 2. The molecule has 1 aliphatic heterocycles. The number of rotatable bonds is 5. The number of carbonyl (C=O) groups excluding carboxylic acids is 1. The van der Waals surface area contributed by atoms with E-state index in [2.05, 4.69) is 15.2 Å². The van der Waals surface area contributed by atoms with E-state index < -0.39 is 0 Å². The Morgan fingerprint density at radius 2 is 2.03 bits per heavy atom. The van der Waals surface area contributed by atoms with E-state index in [0.717, 1.165) is 34.7 Å². The molecule has 0 aliphatic carbocycles. The normalized spacial score (nSPS) is 16.7. The predicted octanol–water partition coefficient (Wildman–Crippen LogP) is 4.31. The van der Waals surface area contributed by atoms with E-state index in [4.69, 9.17) is 9.47 Å². The monoisotopic (exact) mass is 415 g/mol. The molecule has 0 saturated carbocycles. The molecule has 3 aromatic rings. The van der Waals surface area contributed by atoms with Gasteiger partial charge in [-0.2, -0.15) is 0 Å². The van der Waals surface area contributed by atoms with Crippen molar-refractivity contribution in [2.75, 3.05) is 37.5 Å². The molecule has 1 saturated heterocycles. The van der Waals surface area contributed by atoms with Gasteiger partial charge in [-0.05, 0) is 43.2 Å². The number of methoxy groups -OCH3 is 2. The van der Waals surface area contributed by atoms with Gasteiger partial charge in [0.25, 0.3) is 0 Å². The molecule has 1 unspecified atom stereocenters. The summed E-state index contributed by atoms with van der Waals surface area (Å²) in [7, 11) is 3.13. The quantitative estimate of drug-likeness (QED) is 0.673. The average Bonchev–Trinajstić information content (AvgIpc) is 3.17. The second-order valence-corrected chi connectivity index (χ2v) is 7.96. The lowest BCUT2D eigenvalue weighted by Gasteiger charge is -2.31. The van der Waals surface area contributed by atoms with Gasteiger partial charge < -0.3 is 19.7 Å². The molecule has 1 fully saturated rings. The number of nitrogens with zero attached hydrogens (tertiary/aromatic N) is 2. The third-order valence-electron chi connectivity index (χ3n) is 5.05. The van der Waals surface area contributed by atoms with Crippen LogP contribution >= 0.6 is 11.3 Å². The van der Waals surface area contributed by atoms with Crippen LogP contribution in [0.15, 0.2) is 36.4 Å². The lowest BCUT2D eigenvalue weighted by atomic mass is 9.97. The molecule has 4 rings (SSSR count). The summed E-state index contributed by atoms with van der Waals surface area (Å²) in [5.74, 6) is 0.729. The van der Waals surface area contributed by atoms with Crippen molar-refractivity contribution in [3.8, 4) is 11.5 Å². The molecule has 6 nitrogen and oxygen atoms in total. The van der Waals surface area contributed by atoms with Crippen molar-refractivity contribution < 1.29 is 18.7 Å². The van der Waals surface area contributed by atoms with Crippen LogP contribution in [-0.2, 0) is 4.79 Å². The molecule has 1 atom stereocenters. The first-order chi connectivity index (χ1) is 14.1. The molecule has 152 valence electrons. The summed E-state index contributed by atoms with van der Waals surface area (Å²) >= 11 is 1.46. The summed E-state index contributed by atoms with van der Waals surface area (Å²) in [5, 5.41) is 3.80. The van der Waals surface area contributed by atoms with Crippen LogP contribution in [-0.4, -0.2) is 38.2 Å². The number of carbonyl (C=O) groups is 1. The van der Waals surface area contributed by atoms with E-state index >= 15 is 0 Å². The molecule has 1 aliphatic rings. The minimum absolute atomic E-state index is 0.0333. The Balaban J connectivity index is 1.46. The molecule has 2 aromatic carbocycles. The zero-order valence-electron chi connectivity index (χ0n) is 16.3. The Labute approximate surface area is 172 Å². The fourth-order valence-corrected chi connectivity index (χ4v) is 4.57. The summed E-state index contributed by atoms with van der Waals surface area (Å²) in [5.41, 5.74) is 1.45. The van der Waals surface area contributed by atoms with Crippen LogP contribution in [0.25, 0.3) is 10.2 Å². The SMILES string of the molecule is COc1ccc(NC(=O)C2CCCN(c3nc4ccc(F)cc4s3)C2)cc1OC. The minimum atomic E-state index is -0.265. The summed E-state index contributed by atoms with van der Waals surface area (Å²) < 4.78 is 24.8. The van der Waals surface area contributed by atoms with Crippen molar-refractivity contribution in [2.45, 2.75) is 12.8 Å². The van der Waals surface area contributed by atoms with Crippen LogP contribution in [0.3, 0.4) is 0 Å². The molecule has 8 heteroatoms. The number of hydrogen-bond acceptors (Lipinski definition) is 6. The Bertz CT molecular complexity index is 1040. The van der Waals surface area contributed by atoms with E-state index in [1.165, 1.54) is 23.5 Å². The van der Waals surface area contributed by atoms with Crippen molar-refractivity contribution in [2.24, 2.45) is 5.92 Å². The van der Waals surface area contributed by atoms with Crippen molar-refractivity contribution in [1.29, 1.82) is 0 Å². The number of benzene rings is 2. The number of nitrogens with one attached hydrogen (secondary N) is 1. The van der Waals surface area contributed by atoms with Gasteiger partial charge in [-0.15, -0.1) is 0 Å². The number of piperidine rings is 1. The topological polar surface area (TPSA) is 63.7 Å². The highest BCUT2D eigenvalue weighted by Crippen LogP contribution is 2.33. The van der Waals surface area contributed by atoms with Gasteiger partial charge in [-0.25, -0.2) is 9.37 Å². The smallest absolute Gasteiger partial charge is 0.229 e. The Kier molecular flexibility index (Phi) is 5.53. The van der Waals surface area contributed by atoms with E-state index in [9.17, 15) is 9.18 Å². The molecular weight excluding hydrogens is 393 g/mol.